The van der Waals surface area contributed by atoms with Crippen molar-refractivity contribution in [1.82, 2.24) is 9.78 Å². The molecule has 0 saturated carbocycles. The molecule has 0 bridgehead atoms. The summed E-state index contributed by atoms with van der Waals surface area (Å²) in [5.41, 5.74) is 3.25. The average molecular weight is 267 g/mol. The lowest BCUT2D eigenvalue weighted by Crippen LogP contribution is -2.14. The number of Topliss-reactive ketones (excluding diaryl/α,β-unsaturated/α-hetero) is 1. The second-order valence-electron chi connectivity index (χ2n) is 4.60. The molecule has 1 aromatic heterocycles. The molecule has 1 heterocycles. The first-order valence-corrected chi connectivity index (χ1v) is 6.76. The van der Waals surface area contributed by atoms with E-state index in [4.69, 9.17) is 5.26 Å². The average Bonchev–Trinajstić information content (AvgIpc) is 2.89. The van der Waals surface area contributed by atoms with Gasteiger partial charge in [-0.05, 0) is 31.0 Å². The first-order valence-electron chi connectivity index (χ1n) is 6.76. The molecular formula is C16H17N3O. The van der Waals surface area contributed by atoms with Crippen molar-refractivity contribution in [3.05, 3.63) is 52.8 Å². The van der Waals surface area contributed by atoms with E-state index in [1.54, 1.807) is 28.9 Å². The fourth-order valence-electron chi connectivity index (χ4n) is 2.07. The van der Waals surface area contributed by atoms with Crippen molar-refractivity contribution in [3.63, 3.8) is 0 Å². The highest BCUT2D eigenvalue weighted by molar-refractivity contribution is 5.95. The van der Waals surface area contributed by atoms with Gasteiger partial charge in [0.1, 0.15) is 6.54 Å². The van der Waals surface area contributed by atoms with Gasteiger partial charge in [0.25, 0.3) is 0 Å². The van der Waals surface area contributed by atoms with E-state index >= 15 is 0 Å². The van der Waals surface area contributed by atoms with Gasteiger partial charge in [0.2, 0.25) is 0 Å². The molecule has 0 unspecified atom stereocenters. The Morgan fingerprint density at radius 3 is 2.50 bits per heavy atom. The molecule has 0 aliphatic rings. The van der Waals surface area contributed by atoms with E-state index in [1.165, 1.54) is 0 Å². The number of aromatic nitrogens is 2. The Labute approximate surface area is 118 Å². The molecule has 20 heavy (non-hydrogen) atoms. The summed E-state index contributed by atoms with van der Waals surface area (Å²) in [6, 6.07) is 10.8. The van der Waals surface area contributed by atoms with Crippen LogP contribution in [0.15, 0.2) is 30.3 Å². The van der Waals surface area contributed by atoms with Crippen LogP contribution in [0.25, 0.3) is 0 Å². The number of benzene rings is 1. The highest BCUT2D eigenvalue weighted by atomic mass is 16.1. The largest absolute Gasteiger partial charge is 0.292 e. The van der Waals surface area contributed by atoms with Crippen LogP contribution in [0.2, 0.25) is 0 Å². The Kier molecular flexibility index (Phi) is 4.31. The minimum atomic E-state index is 0.00921. The number of hydrogen-bond donors (Lipinski definition) is 0. The van der Waals surface area contributed by atoms with E-state index in [0.29, 0.717) is 11.1 Å². The van der Waals surface area contributed by atoms with Gasteiger partial charge < -0.3 is 0 Å². The lowest BCUT2D eigenvalue weighted by atomic mass is 10.1. The van der Waals surface area contributed by atoms with Crippen molar-refractivity contribution < 1.29 is 4.79 Å². The Balaban J connectivity index is 2.18. The lowest BCUT2D eigenvalue weighted by molar-refractivity contribution is 0.0966. The molecule has 0 N–H and O–H groups in total. The minimum Gasteiger partial charge on any atom is -0.292 e. The molecular weight excluding hydrogens is 250 g/mol. The monoisotopic (exact) mass is 267 g/mol. The highest BCUT2D eigenvalue weighted by Crippen LogP contribution is 2.10. The quantitative estimate of drug-likeness (QED) is 0.783. The van der Waals surface area contributed by atoms with Crippen molar-refractivity contribution >= 4 is 5.78 Å². The van der Waals surface area contributed by atoms with Gasteiger partial charge >= 0.3 is 0 Å². The topological polar surface area (TPSA) is 58.7 Å². The number of nitrogens with zero attached hydrogens (tertiary/aromatic N) is 3. The smallest absolute Gasteiger partial charge is 0.184 e. The molecule has 0 fully saturated rings. The Hall–Kier alpha value is -2.41. The fraction of sp³-hybridized carbons (Fsp3) is 0.312. The predicted octanol–water partition coefficient (Wildman–Crippen LogP) is 2.76. The Morgan fingerprint density at radius 2 is 1.95 bits per heavy atom. The van der Waals surface area contributed by atoms with Crippen molar-refractivity contribution in [2.24, 2.45) is 0 Å². The van der Waals surface area contributed by atoms with Crippen molar-refractivity contribution in [2.45, 2.75) is 33.2 Å². The third-order valence-corrected chi connectivity index (χ3v) is 3.27. The van der Waals surface area contributed by atoms with E-state index in [0.717, 1.165) is 24.2 Å². The van der Waals surface area contributed by atoms with E-state index in [1.807, 2.05) is 12.1 Å². The lowest BCUT2D eigenvalue weighted by Gasteiger charge is -2.05. The molecule has 0 saturated heterocycles. The molecule has 4 heteroatoms. The van der Waals surface area contributed by atoms with E-state index < -0.39 is 0 Å². The molecule has 0 amide bonds. The third kappa shape index (κ3) is 2.94. The van der Waals surface area contributed by atoms with Crippen LogP contribution in [-0.4, -0.2) is 15.6 Å². The van der Waals surface area contributed by atoms with Crippen LogP contribution in [0, 0.1) is 11.3 Å². The maximum absolute atomic E-state index is 12.2. The number of carbonyl (C=O) groups is 1. The van der Waals surface area contributed by atoms with Gasteiger partial charge in [0.15, 0.2) is 5.78 Å². The number of aryl methyl sites for hydroxylation is 2. The van der Waals surface area contributed by atoms with Gasteiger partial charge in [-0.2, -0.15) is 10.4 Å². The van der Waals surface area contributed by atoms with Crippen LogP contribution in [0.3, 0.4) is 0 Å². The van der Waals surface area contributed by atoms with Gasteiger partial charge in [-0.3, -0.25) is 9.48 Å². The zero-order chi connectivity index (χ0) is 14.5. The third-order valence-electron chi connectivity index (χ3n) is 3.27. The van der Waals surface area contributed by atoms with Crippen LogP contribution >= 0.6 is 0 Å². The summed E-state index contributed by atoms with van der Waals surface area (Å²) < 4.78 is 1.78. The van der Waals surface area contributed by atoms with Crippen molar-refractivity contribution in [3.8, 4) is 6.07 Å². The summed E-state index contributed by atoms with van der Waals surface area (Å²) in [6.07, 6.45) is 1.72. The standard InChI is InChI=1S/C16H17N3O/c1-3-14-9-15(4-2)19(18-14)11-16(20)13-7-5-12(10-17)6-8-13/h5-9H,3-4,11H2,1-2H3. The van der Waals surface area contributed by atoms with Crippen LogP contribution < -0.4 is 0 Å². The second kappa shape index (κ2) is 6.16. The number of nitriles is 1. The van der Waals surface area contributed by atoms with E-state index in [9.17, 15) is 4.79 Å². The number of hydrogen-bond acceptors (Lipinski definition) is 3. The molecule has 0 spiro atoms. The summed E-state index contributed by atoms with van der Waals surface area (Å²) in [5, 5.41) is 13.2. The van der Waals surface area contributed by atoms with Crippen LogP contribution in [-0.2, 0) is 19.4 Å². The van der Waals surface area contributed by atoms with Gasteiger partial charge in [-0.1, -0.05) is 26.0 Å². The zero-order valence-corrected chi connectivity index (χ0v) is 11.8. The second-order valence-corrected chi connectivity index (χ2v) is 4.60. The summed E-state index contributed by atoms with van der Waals surface area (Å²) in [5.74, 6) is 0.00921. The normalized spacial score (nSPS) is 10.2. The van der Waals surface area contributed by atoms with Gasteiger partial charge in [0, 0.05) is 11.3 Å². The van der Waals surface area contributed by atoms with Crippen LogP contribution in [0.4, 0.5) is 0 Å². The molecule has 0 radical (unpaired) electrons. The Bertz CT molecular complexity index is 647. The van der Waals surface area contributed by atoms with Crippen molar-refractivity contribution in [2.75, 3.05) is 0 Å². The highest BCUT2D eigenvalue weighted by Gasteiger charge is 2.11. The van der Waals surface area contributed by atoms with E-state index in [-0.39, 0.29) is 12.3 Å². The van der Waals surface area contributed by atoms with E-state index in [2.05, 4.69) is 18.9 Å². The molecule has 1 aromatic carbocycles. The van der Waals surface area contributed by atoms with Gasteiger partial charge in [-0.25, -0.2) is 0 Å². The molecule has 4 nitrogen and oxygen atoms in total. The molecule has 0 aliphatic heterocycles. The summed E-state index contributed by atoms with van der Waals surface area (Å²) >= 11 is 0. The fourth-order valence-corrected chi connectivity index (χ4v) is 2.07. The number of ketones is 1. The molecule has 0 aliphatic carbocycles. The Morgan fingerprint density at radius 1 is 1.25 bits per heavy atom. The number of rotatable bonds is 5. The summed E-state index contributed by atoms with van der Waals surface area (Å²) in [7, 11) is 0. The number of carbonyl (C=O) groups excluding carboxylic acids is 1. The zero-order valence-electron chi connectivity index (χ0n) is 11.8. The predicted molar refractivity (Wildman–Crippen MR) is 76.5 cm³/mol. The van der Waals surface area contributed by atoms with Crippen molar-refractivity contribution in [1.29, 1.82) is 5.26 Å². The minimum absolute atomic E-state index is 0.00921. The van der Waals surface area contributed by atoms with Gasteiger partial charge in [-0.15, -0.1) is 0 Å². The molecule has 2 rings (SSSR count). The van der Waals surface area contributed by atoms with Gasteiger partial charge in [0.05, 0.1) is 17.3 Å². The van der Waals surface area contributed by atoms with Crippen LogP contribution in [0.1, 0.15) is 41.2 Å². The molecule has 102 valence electrons. The SMILES string of the molecule is CCc1cc(CC)n(CC(=O)c2ccc(C#N)cc2)n1. The first kappa shape index (κ1) is 14.0. The maximum Gasteiger partial charge on any atom is 0.184 e. The summed E-state index contributed by atoms with van der Waals surface area (Å²) in [4.78, 5) is 12.2. The summed E-state index contributed by atoms with van der Waals surface area (Å²) in [6.45, 7) is 4.35. The molecule has 0 atom stereocenters. The van der Waals surface area contributed by atoms with Crippen LogP contribution in [0.5, 0.6) is 0 Å². The first-order chi connectivity index (χ1) is 9.67. The molecule has 2 aromatic rings. The maximum atomic E-state index is 12.2.